The zero-order valence-electron chi connectivity index (χ0n) is 17.1. The van der Waals surface area contributed by atoms with Gasteiger partial charge in [0.2, 0.25) is 5.91 Å². The van der Waals surface area contributed by atoms with Gasteiger partial charge in [-0.25, -0.2) is 4.39 Å². The molecule has 2 N–H and O–H groups in total. The number of H-pyrrole nitrogens is 1. The molecule has 3 aliphatic carbocycles. The molecule has 8 heteroatoms. The van der Waals surface area contributed by atoms with Crippen LogP contribution in [0.1, 0.15) is 36.0 Å². The second kappa shape index (κ2) is 7.62. The van der Waals surface area contributed by atoms with Crippen LogP contribution in [0.2, 0.25) is 0 Å². The van der Waals surface area contributed by atoms with E-state index in [0.29, 0.717) is 30.5 Å². The van der Waals surface area contributed by atoms with Crippen molar-refractivity contribution >= 4 is 22.5 Å². The summed E-state index contributed by atoms with van der Waals surface area (Å²) in [7, 11) is 0. The van der Waals surface area contributed by atoms with Gasteiger partial charge >= 0.3 is 6.18 Å². The van der Waals surface area contributed by atoms with Crippen LogP contribution in [0.15, 0.2) is 48.7 Å². The SMILES string of the molecule is O=C(Nc1c[nH]c2ccc(COCc3ccc(C(F)(F)F)cc3)cc12)[C@@H]1CC2(F)CC1C2. The maximum absolute atomic E-state index is 14.1. The molecule has 0 unspecified atom stereocenters. The topological polar surface area (TPSA) is 54.1 Å². The van der Waals surface area contributed by atoms with Crippen molar-refractivity contribution in [2.24, 2.45) is 11.8 Å². The summed E-state index contributed by atoms with van der Waals surface area (Å²) in [6, 6.07) is 10.6. The van der Waals surface area contributed by atoms with Gasteiger partial charge in [-0.2, -0.15) is 13.2 Å². The van der Waals surface area contributed by atoms with Gasteiger partial charge in [-0.1, -0.05) is 18.2 Å². The molecular weight excluding hydrogens is 424 g/mol. The van der Waals surface area contributed by atoms with Gasteiger partial charge in [-0.05, 0) is 60.6 Å². The Bertz CT molecular complexity index is 1150. The maximum Gasteiger partial charge on any atom is 0.416 e. The molecule has 1 amide bonds. The highest BCUT2D eigenvalue weighted by Gasteiger charge is 2.59. The molecule has 1 aromatic heterocycles. The predicted molar refractivity (Wildman–Crippen MR) is 112 cm³/mol. The normalized spacial score (nSPS) is 24.5. The predicted octanol–water partition coefficient (Wildman–Crippen LogP) is 5.98. The Kier molecular flexibility index (Phi) is 5.00. The maximum atomic E-state index is 14.1. The second-order valence-electron chi connectivity index (χ2n) is 8.89. The smallest absolute Gasteiger partial charge is 0.372 e. The molecule has 3 fully saturated rings. The summed E-state index contributed by atoms with van der Waals surface area (Å²) in [5.74, 6) is -0.281. The van der Waals surface area contributed by atoms with Gasteiger partial charge in [0.05, 0.1) is 24.5 Å². The molecule has 1 heterocycles. The molecule has 0 saturated heterocycles. The molecule has 32 heavy (non-hydrogen) atoms. The fourth-order valence-electron chi connectivity index (χ4n) is 4.86. The molecular formula is C24H22F4N2O2. The number of nitrogens with one attached hydrogen (secondary N) is 2. The van der Waals surface area contributed by atoms with Crippen molar-refractivity contribution in [2.75, 3.05) is 5.32 Å². The highest BCUT2D eigenvalue weighted by Crippen LogP contribution is 2.58. The minimum absolute atomic E-state index is 0.138. The third-order valence-electron chi connectivity index (χ3n) is 6.57. The van der Waals surface area contributed by atoms with Crippen molar-refractivity contribution < 1.29 is 27.1 Å². The number of anilines is 1. The lowest BCUT2D eigenvalue weighted by atomic mass is 9.80. The zero-order chi connectivity index (χ0) is 22.5. The first-order valence-corrected chi connectivity index (χ1v) is 10.5. The number of aromatic amines is 1. The summed E-state index contributed by atoms with van der Waals surface area (Å²) in [6.07, 6.45) is -1.36. The van der Waals surface area contributed by atoms with E-state index < -0.39 is 17.4 Å². The molecule has 3 aliphatic rings. The summed E-state index contributed by atoms with van der Waals surface area (Å²) < 4.78 is 57.8. The third-order valence-corrected chi connectivity index (χ3v) is 6.57. The molecule has 0 radical (unpaired) electrons. The Labute approximate surface area is 182 Å². The highest BCUT2D eigenvalue weighted by molar-refractivity contribution is 6.02. The summed E-state index contributed by atoms with van der Waals surface area (Å²) in [6.45, 7) is 0.450. The molecule has 168 valence electrons. The number of fused-ring (bicyclic) bond motifs is 2. The standard InChI is InChI=1S/C24H22F4N2O2/c25-23-8-16(9-23)19(10-23)22(31)30-21-11-29-20-6-3-15(7-18(20)21)13-32-12-14-1-4-17(5-2-14)24(26,27)28/h1-7,11,16,19,29H,8-10,12-13H2,(H,30,31)/t16?,19-,23?/m1/s1. The Morgan fingerprint density at radius 1 is 1.06 bits per heavy atom. The number of alkyl halides is 4. The Morgan fingerprint density at radius 3 is 2.41 bits per heavy atom. The van der Waals surface area contributed by atoms with Crippen LogP contribution < -0.4 is 5.32 Å². The van der Waals surface area contributed by atoms with Crippen LogP contribution in [0.5, 0.6) is 0 Å². The van der Waals surface area contributed by atoms with E-state index in [0.717, 1.165) is 28.6 Å². The first-order chi connectivity index (χ1) is 15.2. The molecule has 3 saturated carbocycles. The van der Waals surface area contributed by atoms with Crippen LogP contribution in [-0.2, 0) is 28.9 Å². The van der Waals surface area contributed by atoms with E-state index in [1.165, 1.54) is 12.1 Å². The number of halogens is 4. The largest absolute Gasteiger partial charge is 0.416 e. The molecule has 2 aromatic carbocycles. The molecule has 6 rings (SSSR count). The lowest BCUT2D eigenvalue weighted by molar-refractivity contribution is -0.137. The molecule has 1 atom stereocenters. The molecule has 3 aromatic rings. The van der Waals surface area contributed by atoms with Crippen LogP contribution >= 0.6 is 0 Å². The highest BCUT2D eigenvalue weighted by atomic mass is 19.4. The van der Waals surface area contributed by atoms with Crippen molar-refractivity contribution in [3.63, 3.8) is 0 Å². The molecule has 2 bridgehead atoms. The van der Waals surface area contributed by atoms with Crippen LogP contribution in [0.3, 0.4) is 0 Å². The van der Waals surface area contributed by atoms with Gasteiger partial charge in [0.25, 0.3) is 0 Å². The number of aromatic nitrogens is 1. The number of amides is 1. The van der Waals surface area contributed by atoms with E-state index in [2.05, 4.69) is 10.3 Å². The van der Waals surface area contributed by atoms with Gasteiger partial charge < -0.3 is 15.0 Å². The first kappa shape index (κ1) is 21.0. The lowest BCUT2D eigenvalue weighted by Gasteiger charge is -2.30. The minimum Gasteiger partial charge on any atom is -0.372 e. The molecule has 4 nitrogen and oxygen atoms in total. The second-order valence-corrected chi connectivity index (χ2v) is 8.89. The van der Waals surface area contributed by atoms with E-state index in [1.54, 1.807) is 6.20 Å². The molecule has 0 aliphatic heterocycles. The summed E-state index contributed by atoms with van der Waals surface area (Å²) in [5.41, 5.74) is 1.17. The van der Waals surface area contributed by atoms with Crippen LogP contribution in [0.25, 0.3) is 10.9 Å². The number of ether oxygens (including phenoxy) is 1. The van der Waals surface area contributed by atoms with Crippen LogP contribution in [0.4, 0.5) is 23.2 Å². The van der Waals surface area contributed by atoms with Crippen LogP contribution in [0, 0.1) is 11.8 Å². The van der Waals surface area contributed by atoms with E-state index in [-0.39, 0.29) is 31.0 Å². The Balaban J connectivity index is 1.21. The number of hydrogen-bond donors (Lipinski definition) is 2. The number of carbonyl (C=O) groups excluding carboxylic acids is 1. The van der Waals surface area contributed by atoms with Gasteiger partial charge in [0.1, 0.15) is 5.67 Å². The van der Waals surface area contributed by atoms with Crippen molar-refractivity contribution in [3.8, 4) is 0 Å². The number of carbonyl (C=O) groups is 1. The lowest BCUT2D eigenvalue weighted by Crippen LogP contribution is -2.31. The summed E-state index contributed by atoms with van der Waals surface area (Å²) >= 11 is 0. The van der Waals surface area contributed by atoms with Gasteiger partial charge in [-0.15, -0.1) is 0 Å². The quantitative estimate of drug-likeness (QED) is 0.458. The Morgan fingerprint density at radius 2 is 1.75 bits per heavy atom. The number of hydrogen-bond acceptors (Lipinski definition) is 2. The van der Waals surface area contributed by atoms with Gasteiger partial charge in [0.15, 0.2) is 0 Å². The van der Waals surface area contributed by atoms with Gasteiger partial charge in [0, 0.05) is 23.0 Å². The Hall–Kier alpha value is -2.87. The van der Waals surface area contributed by atoms with E-state index in [1.807, 2.05) is 18.2 Å². The molecule has 0 spiro atoms. The van der Waals surface area contributed by atoms with E-state index in [4.69, 9.17) is 4.74 Å². The van der Waals surface area contributed by atoms with E-state index >= 15 is 0 Å². The summed E-state index contributed by atoms with van der Waals surface area (Å²) in [4.78, 5) is 15.8. The number of benzene rings is 2. The zero-order valence-corrected chi connectivity index (χ0v) is 17.1. The monoisotopic (exact) mass is 446 g/mol. The van der Waals surface area contributed by atoms with Crippen molar-refractivity contribution in [3.05, 3.63) is 65.4 Å². The summed E-state index contributed by atoms with van der Waals surface area (Å²) in [5, 5.41) is 3.77. The fourth-order valence-corrected chi connectivity index (χ4v) is 4.86. The number of rotatable bonds is 6. The van der Waals surface area contributed by atoms with Crippen molar-refractivity contribution in [1.82, 2.24) is 4.98 Å². The minimum atomic E-state index is -4.36. The average molecular weight is 446 g/mol. The van der Waals surface area contributed by atoms with Crippen LogP contribution in [-0.4, -0.2) is 16.6 Å². The van der Waals surface area contributed by atoms with Crippen molar-refractivity contribution in [1.29, 1.82) is 0 Å². The van der Waals surface area contributed by atoms with Gasteiger partial charge in [-0.3, -0.25) is 4.79 Å². The van der Waals surface area contributed by atoms with Crippen molar-refractivity contribution in [2.45, 2.75) is 44.3 Å². The fraction of sp³-hybridized carbons (Fsp3) is 0.375. The average Bonchev–Trinajstić information content (AvgIpc) is 3.38. The van der Waals surface area contributed by atoms with E-state index in [9.17, 15) is 22.4 Å². The third kappa shape index (κ3) is 3.99. The first-order valence-electron chi connectivity index (χ1n) is 10.5.